The van der Waals surface area contributed by atoms with Crippen LogP contribution in [-0.4, -0.2) is 60.9 Å². The monoisotopic (exact) mass is 335 g/mol. The van der Waals surface area contributed by atoms with Crippen molar-refractivity contribution in [3.05, 3.63) is 12.2 Å². The summed E-state index contributed by atoms with van der Waals surface area (Å²) in [6.07, 6.45) is 7.54. The molecule has 1 spiro atoms. The van der Waals surface area contributed by atoms with Crippen LogP contribution in [0.4, 0.5) is 0 Å². The van der Waals surface area contributed by atoms with Gasteiger partial charge >= 0.3 is 5.97 Å². The van der Waals surface area contributed by atoms with Gasteiger partial charge in [-0.15, -0.1) is 0 Å². The number of fused-ring (bicyclic) bond motifs is 1. The van der Waals surface area contributed by atoms with Crippen molar-refractivity contribution in [1.82, 2.24) is 4.90 Å². The van der Waals surface area contributed by atoms with Gasteiger partial charge < -0.3 is 19.1 Å². The van der Waals surface area contributed by atoms with Crippen LogP contribution in [-0.2, 0) is 23.8 Å². The fourth-order valence-corrected chi connectivity index (χ4v) is 4.45. The summed E-state index contributed by atoms with van der Waals surface area (Å²) in [6, 6.07) is 0. The van der Waals surface area contributed by atoms with Crippen molar-refractivity contribution in [2.24, 2.45) is 11.8 Å². The normalized spacial score (nSPS) is 39.7. The number of amides is 1. The second-order valence-corrected chi connectivity index (χ2v) is 7.27. The average molecular weight is 335 g/mol. The average Bonchev–Trinajstić information content (AvgIpc) is 3.31. The molecule has 1 amide bonds. The number of nitrogens with zero attached hydrogens (tertiary/aromatic N) is 1. The van der Waals surface area contributed by atoms with Crippen molar-refractivity contribution in [2.75, 3.05) is 26.3 Å². The van der Waals surface area contributed by atoms with Gasteiger partial charge in [-0.05, 0) is 19.3 Å². The van der Waals surface area contributed by atoms with Crippen molar-refractivity contribution in [1.29, 1.82) is 0 Å². The number of rotatable bonds is 6. The zero-order valence-electron chi connectivity index (χ0n) is 14.1. The van der Waals surface area contributed by atoms with Crippen LogP contribution in [0.1, 0.15) is 32.6 Å². The molecule has 0 aromatic carbocycles. The van der Waals surface area contributed by atoms with E-state index >= 15 is 0 Å². The third-order valence-electron chi connectivity index (χ3n) is 5.64. The summed E-state index contributed by atoms with van der Waals surface area (Å²) in [5.41, 5.74) is -0.644. The molecule has 0 aliphatic carbocycles. The molecular formula is C18H25NO5. The van der Waals surface area contributed by atoms with Gasteiger partial charge in [0.05, 0.1) is 31.3 Å². The van der Waals surface area contributed by atoms with E-state index in [-0.39, 0.29) is 24.1 Å². The Morgan fingerprint density at radius 1 is 1.50 bits per heavy atom. The largest absolute Gasteiger partial charge is 0.465 e. The van der Waals surface area contributed by atoms with Gasteiger partial charge in [0.25, 0.3) is 0 Å². The van der Waals surface area contributed by atoms with Crippen LogP contribution in [0.15, 0.2) is 12.2 Å². The number of hydrogen-bond donors (Lipinski definition) is 0. The molecule has 2 bridgehead atoms. The van der Waals surface area contributed by atoms with Crippen LogP contribution in [0.2, 0.25) is 0 Å². The summed E-state index contributed by atoms with van der Waals surface area (Å²) >= 11 is 0. The Morgan fingerprint density at radius 2 is 2.38 bits per heavy atom. The summed E-state index contributed by atoms with van der Waals surface area (Å²) in [5, 5.41) is 0. The zero-order valence-corrected chi connectivity index (χ0v) is 14.1. The molecule has 4 aliphatic heterocycles. The van der Waals surface area contributed by atoms with E-state index in [0.29, 0.717) is 19.7 Å². The van der Waals surface area contributed by atoms with E-state index < -0.39 is 17.4 Å². The van der Waals surface area contributed by atoms with Crippen molar-refractivity contribution >= 4 is 11.9 Å². The molecule has 0 radical (unpaired) electrons. The van der Waals surface area contributed by atoms with E-state index in [1.807, 2.05) is 17.1 Å². The van der Waals surface area contributed by atoms with Crippen LogP contribution >= 0.6 is 0 Å². The fourth-order valence-electron chi connectivity index (χ4n) is 4.45. The number of carbonyl (C=O) groups is 2. The lowest BCUT2D eigenvalue weighted by molar-refractivity contribution is -0.154. The van der Waals surface area contributed by atoms with E-state index in [9.17, 15) is 9.59 Å². The third-order valence-corrected chi connectivity index (χ3v) is 5.64. The molecule has 4 rings (SSSR count). The molecule has 6 nitrogen and oxygen atoms in total. The summed E-state index contributed by atoms with van der Waals surface area (Å²) in [5.74, 6) is -1.23. The molecule has 0 N–H and O–H groups in total. The van der Waals surface area contributed by atoms with Crippen molar-refractivity contribution in [3.8, 4) is 0 Å². The summed E-state index contributed by atoms with van der Waals surface area (Å²) in [7, 11) is 0. The van der Waals surface area contributed by atoms with E-state index in [1.54, 1.807) is 0 Å². The summed E-state index contributed by atoms with van der Waals surface area (Å²) in [6.45, 7) is 4.34. The smallest absolute Gasteiger partial charge is 0.312 e. The number of likely N-dealkylation sites (tertiary alicyclic amines) is 1. The summed E-state index contributed by atoms with van der Waals surface area (Å²) < 4.78 is 17.1. The molecule has 3 saturated heterocycles. The minimum atomic E-state index is -0.644. The number of esters is 1. The van der Waals surface area contributed by atoms with Crippen LogP contribution in [0.5, 0.6) is 0 Å². The molecule has 24 heavy (non-hydrogen) atoms. The zero-order chi connectivity index (χ0) is 16.7. The lowest BCUT2D eigenvalue weighted by atomic mass is 9.77. The van der Waals surface area contributed by atoms with E-state index in [4.69, 9.17) is 14.2 Å². The Labute approximate surface area is 142 Å². The number of ether oxygens (including phenoxy) is 3. The van der Waals surface area contributed by atoms with Crippen molar-refractivity contribution < 1.29 is 23.8 Å². The predicted octanol–water partition coefficient (Wildman–Crippen LogP) is 1.29. The molecular weight excluding hydrogens is 310 g/mol. The Bertz CT molecular complexity index is 556. The Hall–Kier alpha value is -1.40. The standard InChI is InChI=1S/C18H25NO5/c1-2-3-8-23-17(21)14-13-6-7-18(24-13)11-19(16(20)15(14)18)10-12-5-4-9-22-12/h6-7,12-15H,2-5,8-11H2,1H3/t12-,13-,14+,15-,18+/m0/s1. The second kappa shape index (κ2) is 6.15. The predicted molar refractivity (Wildman–Crippen MR) is 85.1 cm³/mol. The Kier molecular flexibility index (Phi) is 4.12. The number of hydrogen-bond acceptors (Lipinski definition) is 5. The van der Waals surface area contributed by atoms with E-state index in [1.165, 1.54) is 0 Å². The molecule has 0 saturated carbocycles. The van der Waals surface area contributed by atoms with Gasteiger partial charge in [-0.1, -0.05) is 25.5 Å². The van der Waals surface area contributed by atoms with Gasteiger partial charge in [0.2, 0.25) is 5.91 Å². The van der Waals surface area contributed by atoms with Gasteiger partial charge in [0.1, 0.15) is 11.5 Å². The highest BCUT2D eigenvalue weighted by Crippen LogP contribution is 2.52. The molecule has 4 aliphatic rings. The maximum absolute atomic E-state index is 13.0. The van der Waals surface area contributed by atoms with Gasteiger partial charge in [0.15, 0.2) is 0 Å². The van der Waals surface area contributed by atoms with Gasteiger partial charge in [-0.2, -0.15) is 0 Å². The molecule has 0 unspecified atom stereocenters. The van der Waals surface area contributed by atoms with Gasteiger partial charge in [-0.25, -0.2) is 0 Å². The molecule has 132 valence electrons. The maximum Gasteiger partial charge on any atom is 0.312 e. The second-order valence-electron chi connectivity index (χ2n) is 7.27. The van der Waals surface area contributed by atoms with Gasteiger partial charge in [0, 0.05) is 13.2 Å². The Morgan fingerprint density at radius 3 is 3.12 bits per heavy atom. The first-order valence-electron chi connectivity index (χ1n) is 9.09. The molecule has 0 aromatic heterocycles. The summed E-state index contributed by atoms with van der Waals surface area (Å²) in [4.78, 5) is 27.3. The molecule has 4 heterocycles. The minimum absolute atomic E-state index is 0.00907. The van der Waals surface area contributed by atoms with E-state index in [0.717, 1.165) is 32.3 Å². The highest BCUT2D eigenvalue weighted by molar-refractivity contribution is 5.91. The van der Waals surface area contributed by atoms with E-state index in [2.05, 4.69) is 6.92 Å². The lowest BCUT2D eigenvalue weighted by Gasteiger charge is -2.23. The van der Waals surface area contributed by atoms with Gasteiger partial charge in [-0.3, -0.25) is 9.59 Å². The molecule has 6 heteroatoms. The topological polar surface area (TPSA) is 65.1 Å². The maximum atomic E-state index is 13.0. The molecule has 0 aromatic rings. The van der Waals surface area contributed by atoms with Crippen LogP contribution < -0.4 is 0 Å². The first kappa shape index (κ1) is 16.1. The highest BCUT2D eigenvalue weighted by atomic mass is 16.6. The lowest BCUT2D eigenvalue weighted by Crippen LogP contribution is -2.40. The SMILES string of the molecule is CCCCOC(=O)[C@@H]1[C@@H]2C=C[C@]3(CN(C[C@@H]4CCCO4)C(=O)[C@H]13)O2. The van der Waals surface area contributed by atoms with Crippen LogP contribution in [0.3, 0.4) is 0 Å². The first-order chi connectivity index (χ1) is 11.6. The minimum Gasteiger partial charge on any atom is -0.465 e. The quantitative estimate of drug-likeness (QED) is 0.416. The van der Waals surface area contributed by atoms with Crippen molar-refractivity contribution in [3.63, 3.8) is 0 Å². The molecule has 3 fully saturated rings. The fraction of sp³-hybridized carbons (Fsp3) is 0.778. The van der Waals surface area contributed by atoms with Crippen LogP contribution in [0, 0.1) is 11.8 Å². The number of unbranched alkanes of at least 4 members (excludes halogenated alkanes) is 1. The molecule has 5 atom stereocenters. The Balaban J connectivity index is 1.48. The van der Waals surface area contributed by atoms with Crippen molar-refractivity contribution in [2.45, 2.75) is 50.4 Å². The third kappa shape index (κ3) is 2.47. The van der Waals surface area contributed by atoms with Crippen LogP contribution in [0.25, 0.3) is 0 Å². The highest BCUT2D eigenvalue weighted by Gasteiger charge is 2.67. The first-order valence-corrected chi connectivity index (χ1v) is 9.09. The number of carbonyl (C=O) groups excluding carboxylic acids is 2.